The lowest BCUT2D eigenvalue weighted by atomic mass is 10.1. The quantitative estimate of drug-likeness (QED) is 0.606. The van der Waals surface area contributed by atoms with Crippen molar-refractivity contribution in [2.45, 2.75) is 18.6 Å². The Kier molecular flexibility index (Phi) is 7.79. The van der Waals surface area contributed by atoms with E-state index in [-0.39, 0.29) is 32.2 Å². The molecule has 4 rings (SSSR count). The van der Waals surface area contributed by atoms with Gasteiger partial charge >= 0.3 is 0 Å². The van der Waals surface area contributed by atoms with Crippen molar-refractivity contribution in [3.8, 4) is 0 Å². The van der Waals surface area contributed by atoms with E-state index in [1.165, 1.54) is 4.90 Å². The van der Waals surface area contributed by atoms with Crippen LogP contribution in [0.15, 0.2) is 48.5 Å². The molecule has 2 aromatic rings. The predicted molar refractivity (Wildman–Crippen MR) is 126 cm³/mol. The molecule has 3 amide bonds. The second-order valence-corrected chi connectivity index (χ2v) is 8.45. The lowest BCUT2D eigenvalue weighted by Crippen LogP contribution is -2.56. The summed E-state index contributed by atoms with van der Waals surface area (Å²) in [6.45, 7) is 1.59. The summed E-state index contributed by atoms with van der Waals surface area (Å²) in [6.07, 6.45) is -2.42. The Hall–Kier alpha value is -2.98. The molecule has 2 aromatic carbocycles. The van der Waals surface area contributed by atoms with Crippen LogP contribution in [0.5, 0.6) is 0 Å². The van der Waals surface area contributed by atoms with Crippen LogP contribution >= 0.6 is 11.6 Å². The van der Waals surface area contributed by atoms with E-state index in [1.807, 2.05) is 12.1 Å². The lowest BCUT2D eigenvalue weighted by molar-refractivity contribution is -0.152. The number of carbonyl (C=O) groups excluding carboxylic acids is 3. The largest absolute Gasteiger partial charge is 0.380 e. The maximum atomic E-state index is 13.1. The third-order valence-electron chi connectivity index (χ3n) is 5.74. The third-order valence-corrected chi connectivity index (χ3v) is 5.99. The predicted octanol–water partition coefficient (Wildman–Crippen LogP) is 1.15. The smallest absolute Gasteiger partial charge is 0.259 e. The minimum Gasteiger partial charge on any atom is -0.380 e. The van der Waals surface area contributed by atoms with Crippen molar-refractivity contribution in [1.29, 1.82) is 0 Å². The van der Waals surface area contributed by atoms with Gasteiger partial charge in [0.1, 0.15) is 6.61 Å². The molecule has 0 aromatic heterocycles. The molecular weight excluding hydrogens is 462 g/mol. The van der Waals surface area contributed by atoms with E-state index in [2.05, 4.69) is 5.32 Å². The normalized spacial score (nSPS) is 19.8. The number of halogens is 1. The van der Waals surface area contributed by atoms with Gasteiger partial charge in [0, 0.05) is 36.0 Å². The van der Waals surface area contributed by atoms with Crippen LogP contribution in [-0.2, 0) is 30.3 Å². The summed E-state index contributed by atoms with van der Waals surface area (Å²) in [7, 11) is 0. The maximum absolute atomic E-state index is 13.1. The van der Waals surface area contributed by atoms with Crippen molar-refractivity contribution in [3.05, 3.63) is 59.1 Å². The lowest BCUT2D eigenvalue weighted by Gasteiger charge is -2.35. The molecule has 2 atom stereocenters. The molecule has 2 N–H and O–H groups in total. The van der Waals surface area contributed by atoms with Crippen LogP contribution in [-0.4, -0.2) is 74.5 Å². The number of nitrogens with one attached hydrogen (secondary N) is 1. The van der Waals surface area contributed by atoms with Crippen LogP contribution in [0.3, 0.4) is 0 Å². The first-order valence-electron chi connectivity index (χ1n) is 11.1. The minimum atomic E-state index is -1.65. The highest BCUT2D eigenvalue weighted by atomic mass is 35.5. The molecule has 2 saturated heterocycles. The molecule has 34 heavy (non-hydrogen) atoms. The van der Waals surface area contributed by atoms with Crippen molar-refractivity contribution < 1.29 is 29.0 Å². The van der Waals surface area contributed by atoms with E-state index < -0.39 is 24.0 Å². The molecule has 0 spiro atoms. The number of aliphatic hydroxyl groups is 1. The number of carbonyl (C=O) groups is 3. The van der Waals surface area contributed by atoms with Gasteiger partial charge in [-0.15, -0.1) is 0 Å². The Morgan fingerprint density at radius 2 is 1.79 bits per heavy atom. The van der Waals surface area contributed by atoms with Gasteiger partial charge in [-0.3, -0.25) is 14.4 Å². The molecule has 1 unspecified atom stereocenters. The number of anilines is 2. The molecule has 180 valence electrons. The molecule has 0 radical (unpaired) electrons. The van der Waals surface area contributed by atoms with Crippen molar-refractivity contribution in [2.24, 2.45) is 0 Å². The monoisotopic (exact) mass is 487 g/mol. The zero-order valence-electron chi connectivity index (χ0n) is 18.5. The molecule has 2 heterocycles. The van der Waals surface area contributed by atoms with Crippen molar-refractivity contribution >= 4 is 40.7 Å². The fourth-order valence-electron chi connectivity index (χ4n) is 3.93. The highest BCUT2D eigenvalue weighted by Gasteiger charge is 2.39. The zero-order valence-corrected chi connectivity index (χ0v) is 19.2. The topological polar surface area (TPSA) is 108 Å². The Morgan fingerprint density at radius 1 is 1.09 bits per heavy atom. The SMILES string of the molecule is O=C(NCCc1ccc(Cl)cc1)C(O)[C@H]1OCCN(c2cccc(N3CCOCC3=O)c2)C1=O. The van der Waals surface area contributed by atoms with Gasteiger partial charge in [0.05, 0.1) is 13.2 Å². The number of rotatable bonds is 7. The summed E-state index contributed by atoms with van der Waals surface area (Å²) >= 11 is 5.87. The van der Waals surface area contributed by atoms with E-state index in [0.29, 0.717) is 36.0 Å². The Labute approximate surface area is 202 Å². The fourth-order valence-corrected chi connectivity index (χ4v) is 4.06. The Bertz CT molecular complexity index is 1050. The molecule has 0 saturated carbocycles. The number of aliphatic hydroxyl groups excluding tert-OH is 1. The van der Waals surface area contributed by atoms with Gasteiger partial charge in [0.2, 0.25) is 0 Å². The van der Waals surface area contributed by atoms with Gasteiger partial charge in [0.15, 0.2) is 12.2 Å². The third kappa shape index (κ3) is 5.56. The molecule has 2 fully saturated rings. The summed E-state index contributed by atoms with van der Waals surface area (Å²) < 4.78 is 10.6. The van der Waals surface area contributed by atoms with Gasteiger partial charge in [-0.2, -0.15) is 0 Å². The Morgan fingerprint density at radius 3 is 2.53 bits per heavy atom. The van der Waals surface area contributed by atoms with E-state index >= 15 is 0 Å². The first-order valence-corrected chi connectivity index (χ1v) is 11.4. The molecule has 0 bridgehead atoms. The average Bonchev–Trinajstić information content (AvgIpc) is 2.85. The van der Waals surface area contributed by atoms with Gasteiger partial charge < -0.3 is 29.7 Å². The number of amides is 3. The van der Waals surface area contributed by atoms with Gasteiger partial charge in [-0.25, -0.2) is 0 Å². The van der Waals surface area contributed by atoms with Crippen molar-refractivity contribution in [3.63, 3.8) is 0 Å². The highest BCUT2D eigenvalue weighted by molar-refractivity contribution is 6.30. The summed E-state index contributed by atoms with van der Waals surface area (Å²) in [6, 6.07) is 14.3. The van der Waals surface area contributed by atoms with E-state index in [1.54, 1.807) is 41.3 Å². The summed E-state index contributed by atoms with van der Waals surface area (Å²) in [4.78, 5) is 40.8. The summed E-state index contributed by atoms with van der Waals surface area (Å²) in [5.74, 6) is -1.35. The molecular formula is C24H26ClN3O6. The van der Waals surface area contributed by atoms with Crippen LogP contribution in [0.2, 0.25) is 5.02 Å². The molecule has 0 aliphatic carbocycles. The number of nitrogens with zero attached hydrogens (tertiary/aromatic N) is 2. The molecule has 9 nitrogen and oxygen atoms in total. The van der Waals surface area contributed by atoms with Crippen LogP contribution in [0.1, 0.15) is 5.56 Å². The molecule has 10 heteroatoms. The van der Waals surface area contributed by atoms with E-state index in [4.69, 9.17) is 21.1 Å². The summed E-state index contributed by atoms with van der Waals surface area (Å²) in [5.41, 5.74) is 2.20. The van der Waals surface area contributed by atoms with Crippen LogP contribution in [0.25, 0.3) is 0 Å². The first-order chi connectivity index (χ1) is 16.4. The fraction of sp³-hybridized carbons (Fsp3) is 0.375. The highest BCUT2D eigenvalue weighted by Crippen LogP contribution is 2.26. The number of ether oxygens (including phenoxy) is 2. The van der Waals surface area contributed by atoms with E-state index in [0.717, 1.165) is 5.56 Å². The van der Waals surface area contributed by atoms with Crippen LogP contribution in [0, 0.1) is 0 Å². The number of benzene rings is 2. The van der Waals surface area contributed by atoms with Crippen molar-refractivity contribution in [1.82, 2.24) is 5.32 Å². The van der Waals surface area contributed by atoms with Gasteiger partial charge in [-0.05, 0) is 42.3 Å². The van der Waals surface area contributed by atoms with Crippen LogP contribution in [0.4, 0.5) is 11.4 Å². The Balaban J connectivity index is 1.38. The molecule has 2 aliphatic heterocycles. The zero-order chi connectivity index (χ0) is 24.1. The molecule has 2 aliphatic rings. The van der Waals surface area contributed by atoms with Crippen molar-refractivity contribution in [2.75, 3.05) is 49.3 Å². The number of hydrogen-bond donors (Lipinski definition) is 2. The second-order valence-electron chi connectivity index (χ2n) is 8.01. The van der Waals surface area contributed by atoms with Gasteiger partial charge in [0.25, 0.3) is 17.7 Å². The standard InChI is InChI=1S/C24H26ClN3O6/c25-17-6-4-16(5-7-17)8-9-26-23(31)21(30)22-24(32)28(11-13-34-22)19-3-1-2-18(14-19)27-10-12-33-15-20(27)29/h1-7,14,21-22,30H,8-13,15H2,(H,26,31)/t21?,22-/m1/s1. The van der Waals surface area contributed by atoms with Gasteiger partial charge in [-0.1, -0.05) is 29.8 Å². The summed E-state index contributed by atoms with van der Waals surface area (Å²) in [5, 5.41) is 13.8. The first kappa shape index (κ1) is 24.2. The minimum absolute atomic E-state index is 0.0160. The maximum Gasteiger partial charge on any atom is 0.259 e. The number of hydrogen-bond acceptors (Lipinski definition) is 6. The number of morpholine rings is 2. The van der Waals surface area contributed by atoms with Crippen LogP contribution < -0.4 is 15.1 Å². The average molecular weight is 488 g/mol. The van der Waals surface area contributed by atoms with E-state index in [9.17, 15) is 19.5 Å². The second kappa shape index (κ2) is 11.0.